The zero-order valence-corrected chi connectivity index (χ0v) is 15.0. The summed E-state index contributed by atoms with van der Waals surface area (Å²) < 4.78 is 6.56. The van der Waals surface area contributed by atoms with Gasteiger partial charge in [0, 0.05) is 10.2 Å². The third-order valence-electron chi connectivity index (χ3n) is 2.92. The minimum Gasteiger partial charge on any atom is -0.493 e. The van der Waals surface area contributed by atoms with Crippen LogP contribution in [0.1, 0.15) is 23.7 Å². The van der Waals surface area contributed by atoms with Crippen LogP contribution in [0.2, 0.25) is 0 Å². The van der Waals surface area contributed by atoms with Crippen molar-refractivity contribution < 1.29 is 9.53 Å². The molecular weight excluding hydrogens is 376 g/mol. The molecule has 0 unspecified atom stereocenters. The normalized spacial score (nSPS) is 10.0. The average Bonchev–Trinajstić information content (AvgIpc) is 2.55. The van der Waals surface area contributed by atoms with Gasteiger partial charge >= 0.3 is 0 Å². The van der Waals surface area contributed by atoms with Gasteiger partial charge in [-0.2, -0.15) is 0 Å². The summed E-state index contributed by atoms with van der Waals surface area (Å²) in [6, 6.07) is 14.6. The molecule has 0 aliphatic rings. The van der Waals surface area contributed by atoms with E-state index in [1.54, 1.807) is 18.2 Å². The Balaban J connectivity index is 2.01. The highest BCUT2D eigenvalue weighted by atomic mass is 79.9. The van der Waals surface area contributed by atoms with Gasteiger partial charge in [-0.05, 0) is 55.0 Å². The van der Waals surface area contributed by atoms with Gasteiger partial charge in [0.2, 0.25) is 0 Å². The molecule has 120 valence electrons. The number of carbonyl (C=O) groups excluding carboxylic acids is 1. The lowest BCUT2D eigenvalue weighted by Gasteiger charge is -2.12. The summed E-state index contributed by atoms with van der Waals surface area (Å²) in [6.45, 7) is 2.58. The molecule has 0 spiro atoms. The van der Waals surface area contributed by atoms with Crippen LogP contribution in [0.5, 0.6) is 5.75 Å². The van der Waals surface area contributed by atoms with Crippen LogP contribution in [-0.2, 0) is 0 Å². The van der Waals surface area contributed by atoms with Gasteiger partial charge in [-0.15, -0.1) is 0 Å². The third-order valence-corrected chi connectivity index (χ3v) is 3.66. The van der Waals surface area contributed by atoms with E-state index >= 15 is 0 Å². The first-order chi connectivity index (χ1) is 11.1. The highest BCUT2D eigenvalue weighted by Crippen LogP contribution is 2.18. The lowest BCUT2D eigenvalue weighted by Crippen LogP contribution is -2.34. The van der Waals surface area contributed by atoms with Crippen molar-refractivity contribution in [3.63, 3.8) is 0 Å². The van der Waals surface area contributed by atoms with Gasteiger partial charge in [0.1, 0.15) is 5.75 Å². The molecule has 0 aromatic heterocycles. The number of rotatable bonds is 5. The van der Waals surface area contributed by atoms with Crippen molar-refractivity contribution >= 4 is 44.9 Å². The number of para-hydroxylation sites is 1. The molecule has 4 nitrogen and oxygen atoms in total. The monoisotopic (exact) mass is 392 g/mol. The summed E-state index contributed by atoms with van der Waals surface area (Å²) >= 11 is 8.55. The molecule has 0 radical (unpaired) electrons. The van der Waals surface area contributed by atoms with Crippen molar-refractivity contribution in [2.45, 2.75) is 13.3 Å². The standard InChI is InChI=1S/C17H17BrN2O2S/c1-2-11-22-15-6-4-3-5-14(15)16(21)20-17(23)19-13-9-7-12(18)8-10-13/h3-10H,2,11H2,1H3,(H2,19,20,21,23). The maximum atomic E-state index is 12.4. The van der Waals surface area contributed by atoms with Crippen molar-refractivity contribution in [3.05, 3.63) is 58.6 Å². The maximum Gasteiger partial charge on any atom is 0.261 e. The van der Waals surface area contributed by atoms with Crippen LogP contribution in [0.25, 0.3) is 0 Å². The van der Waals surface area contributed by atoms with Gasteiger partial charge < -0.3 is 10.1 Å². The SMILES string of the molecule is CCCOc1ccccc1C(=O)NC(=S)Nc1ccc(Br)cc1. The quantitative estimate of drug-likeness (QED) is 0.741. The number of hydrogen-bond acceptors (Lipinski definition) is 3. The van der Waals surface area contributed by atoms with E-state index in [2.05, 4.69) is 26.6 Å². The number of thiocarbonyl (C=S) groups is 1. The van der Waals surface area contributed by atoms with E-state index in [1.807, 2.05) is 37.3 Å². The Kier molecular flexibility index (Phi) is 6.55. The second-order valence-corrected chi connectivity index (χ2v) is 6.08. The number of ether oxygens (including phenoxy) is 1. The van der Waals surface area contributed by atoms with Crippen LogP contribution in [0, 0.1) is 0 Å². The first kappa shape index (κ1) is 17.4. The molecule has 2 aromatic carbocycles. The number of amides is 1. The van der Waals surface area contributed by atoms with E-state index in [0.29, 0.717) is 17.9 Å². The molecule has 2 N–H and O–H groups in total. The van der Waals surface area contributed by atoms with Crippen molar-refractivity contribution in [2.75, 3.05) is 11.9 Å². The summed E-state index contributed by atoms with van der Waals surface area (Å²) in [7, 11) is 0. The Morgan fingerprint density at radius 2 is 1.87 bits per heavy atom. The van der Waals surface area contributed by atoms with E-state index in [-0.39, 0.29) is 11.0 Å². The molecule has 23 heavy (non-hydrogen) atoms. The summed E-state index contributed by atoms with van der Waals surface area (Å²) in [5.74, 6) is 0.254. The molecule has 0 saturated heterocycles. The topological polar surface area (TPSA) is 50.4 Å². The largest absolute Gasteiger partial charge is 0.493 e. The predicted molar refractivity (Wildman–Crippen MR) is 100 cm³/mol. The number of nitrogens with one attached hydrogen (secondary N) is 2. The van der Waals surface area contributed by atoms with E-state index in [4.69, 9.17) is 17.0 Å². The average molecular weight is 393 g/mol. The van der Waals surface area contributed by atoms with Gasteiger partial charge in [-0.3, -0.25) is 10.1 Å². The van der Waals surface area contributed by atoms with Crippen molar-refractivity contribution in [2.24, 2.45) is 0 Å². The summed E-state index contributed by atoms with van der Waals surface area (Å²) in [4.78, 5) is 12.4. The molecule has 2 rings (SSSR count). The summed E-state index contributed by atoms with van der Waals surface area (Å²) in [5, 5.41) is 5.87. The Labute approximate surface area is 149 Å². The zero-order valence-electron chi connectivity index (χ0n) is 12.6. The molecular formula is C17H17BrN2O2S. The van der Waals surface area contributed by atoms with Crippen LogP contribution < -0.4 is 15.4 Å². The fourth-order valence-corrected chi connectivity index (χ4v) is 2.33. The fourth-order valence-electron chi connectivity index (χ4n) is 1.86. The lowest BCUT2D eigenvalue weighted by atomic mass is 10.2. The lowest BCUT2D eigenvalue weighted by molar-refractivity contribution is 0.0973. The highest BCUT2D eigenvalue weighted by molar-refractivity contribution is 9.10. The molecule has 0 bridgehead atoms. The number of anilines is 1. The van der Waals surface area contributed by atoms with Crippen LogP contribution in [0.15, 0.2) is 53.0 Å². The number of halogens is 1. The Hall–Kier alpha value is -1.92. The fraction of sp³-hybridized carbons (Fsp3) is 0.176. The Bertz CT molecular complexity index is 689. The van der Waals surface area contributed by atoms with Crippen molar-refractivity contribution in [1.82, 2.24) is 5.32 Å². The van der Waals surface area contributed by atoms with Crippen LogP contribution in [-0.4, -0.2) is 17.6 Å². The van der Waals surface area contributed by atoms with Gasteiger partial charge in [-0.1, -0.05) is 35.0 Å². The highest BCUT2D eigenvalue weighted by Gasteiger charge is 2.13. The number of benzene rings is 2. The predicted octanol–water partition coefficient (Wildman–Crippen LogP) is 4.36. The number of carbonyl (C=O) groups is 1. The Morgan fingerprint density at radius 3 is 2.57 bits per heavy atom. The number of hydrogen-bond donors (Lipinski definition) is 2. The molecule has 1 amide bonds. The molecule has 6 heteroatoms. The Morgan fingerprint density at radius 1 is 1.17 bits per heavy atom. The minimum atomic E-state index is -0.300. The van der Waals surface area contributed by atoms with Crippen LogP contribution in [0.4, 0.5) is 5.69 Å². The second kappa shape index (κ2) is 8.64. The molecule has 0 saturated carbocycles. The van der Waals surface area contributed by atoms with E-state index < -0.39 is 0 Å². The summed E-state index contributed by atoms with van der Waals surface area (Å²) in [6.07, 6.45) is 0.874. The molecule has 0 atom stereocenters. The molecule has 0 aliphatic carbocycles. The summed E-state index contributed by atoms with van der Waals surface area (Å²) in [5.41, 5.74) is 1.26. The molecule has 0 fully saturated rings. The second-order valence-electron chi connectivity index (χ2n) is 4.76. The van der Waals surface area contributed by atoms with E-state index in [9.17, 15) is 4.79 Å². The zero-order chi connectivity index (χ0) is 16.7. The molecule has 2 aromatic rings. The first-order valence-electron chi connectivity index (χ1n) is 7.20. The third kappa shape index (κ3) is 5.33. The van der Waals surface area contributed by atoms with Gasteiger partial charge in [-0.25, -0.2) is 0 Å². The smallest absolute Gasteiger partial charge is 0.261 e. The van der Waals surface area contributed by atoms with E-state index in [0.717, 1.165) is 16.6 Å². The minimum absolute atomic E-state index is 0.239. The molecule has 0 aliphatic heterocycles. The first-order valence-corrected chi connectivity index (χ1v) is 8.40. The van der Waals surface area contributed by atoms with Gasteiger partial charge in [0.25, 0.3) is 5.91 Å². The van der Waals surface area contributed by atoms with Crippen LogP contribution in [0.3, 0.4) is 0 Å². The van der Waals surface area contributed by atoms with Crippen LogP contribution >= 0.6 is 28.1 Å². The van der Waals surface area contributed by atoms with Crippen molar-refractivity contribution in [1.29, 1.82) is 0 Å². The van der Waals surface area contributed by atoms with Gasteiger partial charge in [0.15, 0.2) is 5.11 Å². The van der Waals surface area contributed by atoms with E-state index in [1.165, 1.54) is 0 Å². The maximum absolute atomic E-state index is 12.4. The van der Waals surface area contributed by atoms with Crippen molar-refractivity contribution in [3.8, 4) is 5.75 Å². The van der Waals surface area contributed by atoms with Gasteiger partial charge in [0.05, 0.1) is 12.2 Å². The molecule has 0 heterocycles.